The standard InChI is InChI=1S/C18H19Cl3N2O2/c19-18(20,21)17(22-11-13-7-4-10-25-13)23-16(24)15-9-3-6-12-5-1-2-8-14(12)15/h1-3,5-6,8-9,13,17,22H,4,7,10-11H2,(H,23,24)/p+1/t13-,17-/m0/s1. The van der Waals surface area contributed by atoms with E-state index in [2.05, 4.69) is 5.32 Å². The van der Waals surface area contributed by atoms with Crippen molar-refractivity contribution in [2.24, 2.45) is 0 Å². The number of carbonyl (C=O) groups excluding carboxylic acids is 1. The number of quaternary nitrogens is 1. The molecule has 0 spiro atoms. The minimum Gasteiger partial charge on any atom is -0.372 e. The predicted molar refractivity (Wildman–Crippen MR) is 101 cm³/mol. The highest BCUT2D eigenvalue weighted by Crippen LogP contribution is 2.28. The lowest BCUT2D eigenvalue weighted by molar-refractivity contribution is -0.697. The quantitative estimate of drug-likeness (QED) is 0.597. The zero-order valence-electron chi connectivity index (χ0n) is 13.6. The number of halogens is 3. The van der Waals surface area contributed by atoms with Crippen LogP contribution in [0.4, 0.5) is 0 Å². The number of hydrogen-bond donors (Lipinski definition) is 2. The van der Waals surface area contributed by atoms with E-state index in [-0.39, 0.29) is 12.0 Å². The lowest BCUT2D eigenvalue weighted by Gasteiger charge is -2.24. The van der Waals surface area contributed by atoms with E-state index in [9.17, 15) is 4.79 Å². The van der Waals surface area contributed by atoms with Gasteiger partial charge < -0.3 is 10.1 Å². The van der Waals surface area contributed by atoms with Gasteiger partial charge in [-0.1, -0.05) is 71.2 Å². The molecule has 3 rings (SSSR count). The Labute approximate surface area is 161 Å². The molecule has 3 N–H and O–H groups in total. The number of nitrogens with one attached hydrogen (secondary N) is 1. The zero-order valence-corrected chi connectivity index (χ0v) is 15.8. The fraction of sp³-hybridized carbons (Fsp3) is 0.389. The van der Waals surface area contributed by atoms with Crippen LogP contribution in [0.3, 0.4) is 0 Å². The predicted octanol–water partition coefficient (Wildman–Crippen LogP) is 3.01. The highest BCUT2D eigenvalue weighted by atomic mass is 35.6. The maximum absolute atomic E-state index is 12.8. The molecule has 1 aliphatic heterocycles. The maximum atomic E-state index is 12.8. The average molecular weight is 403 g/mol. The van der Waals surface area contributed by atoms with E-state index in [4.69, 9.17) is 39.5 Å². The summed E-state index contributed by atoms with van der Waals surface area (Å²) >= 11 is 18.2. The van der Waals surface area contributed by atoms with Crippen molar-refractivity contribution < 1.29 is 14.8 Å². The van der Waals surface area contributed by atoms with Crippen LogP contribution in [0.25, 0.3) is 10.8 Å². The Bertz CT molecular complexity index is 737. The lowest BCUT2D eigenvalue weighted by Crippen LogP contribution is -2.97. The zero-order chi connectivity index (χ0) is 17.9. The molecule has 7 heteroatoms. The normalized spacial score (nSPS) is 19.1. The Morgan fingerprint density at radius 3 is 2.72 bits per heavy atom. The van der Waals surface area contributed by atoms with Crippen LogP contribution in [0.15, 0.2) is 42.5 Å². The molecule has 2 aromatic carbocycles. The van der Waals surface area contributed by atoms with Gasteiger partial charge in [-0.05, 0) is 29.7 Å². The fourth-order valence-electron chi connectivity index (χ4n) is 3.03. The summed E-state index contributed by atoms with van der Waals surface area (Å²) in [5.41, 5.74) is 0.558. The Morgan fingerprint density at radius 1 is 1.24 bits per heavy atom. The molecule has 1 amide bonds. The third-order valence-electron chi connectivity index (χ3n) is 4.33. The second-order valence-corrected chi connectivity index (χ2v) is 8.49. The number of ether oxygens (including phenoxy) is 1. The van der Waals surface area contributed by atoms with Gasteiger partial charge in [0.1, 0.15) is 12.6 Å². The largest absolute Gasteiger partial charge is 0.372 e. The van der Waals surface area contributed by atoms with Gasteiger partial charge in [0.2, 0.25) is 6.17 Å². The van der Waals surface area contributed by atoms with Crippen molar-refractivity contribution in [3.8, 4) is 0 Å². The molecular weight excluding hydrogens is 383 g/mol. The highest BCUT2D eigenvalue weighted by Gasteiger charge is 2.38. The molecule has 1 heterocycles. The molecule has 2 aromatic rings. The van der Waals surface area contributed by atoms with Crippen LogP contribution in [0.1, 0.15) is 23.2 Å². The van der Waals surface area contributed by atoms with Crippen LogP contribution in [-0.2, 0) is 4.74 Å². The average Bonchev–Trinajstić information content (AvgIpc) is 3.10. The first-order valence-electron chi connectivity index (χ1n) is 8.25. The van der Waals surface area contributed by atoms with Crippen LogP contribution in [0, 0.1) is 0 Å². The van der Waals surface area contributed by atoms with E-state index in [1.165, 1.54) is 0 Å². The van der Waals surface area contributed by atoms with Crippen molar-refractivity contribution in [3.05, 3.63) is 48.0 Å². The first-order valence-corrected chi connectivity index (χ1v) is 9.39. The SMILES string of the molecule is O=C(N[C@H]([NH2+]C[C@@H]1CCCO1)C(Cl)(Cl)Cl)c1cccc2ccccc12. The number of hydrogen-bond acceptors (Lipinski definition) is 2. The van der Waals surface area contributed by atoms with Crippen molar-refractivity contribution in [3.63, 3.8) is 0 Å². The van der Waals surface area contributed by atoms with Gasteiger partial charge >= 0.3 is 0 Å². The number of amides is 1. The van der Waals surface area contributed by atoms with Crippen molar-refractivity contribution >= 4 is 51.5 Å². The summed E-state index contributed by atoms with van der Waals surface area (Å²) in [4.78, 5) is 12.8. The molecule has 0 unspecified atom stereocenters. The molecule has 1 saturated heterocycles. The highest BCUT2D eigenvalue weighted by molar-refractivity contribution is 6.68. The van der Waals surface area contributed by atoms with Crippen LogP contribution >= 0.6 is 34.8 Å². The summed E-state index contributed by atoms with van der Waals surface area (Å²) in [6, 6.07) is 13.3. The summed E-state index contributed by atoms with van der Waals surface area (Å²) in [5, 5.41) is 6.52. The molecule has 1 fully saturated rings. The number of benzene rings is 2. The number of nitrogens with two attached hydrogens (primary N) is 1. The Kier molecular flexibility index (Phi) is 6.08. The number of carbonyl (C=O) groups is 1. The van der Waals surface area contributed by atoms with Gasteiger partial charge in [0, 0.05) is 12.2 Å². The molecule has 4 nitrogen and oxygen atoms in total. The first kappa shape index (κ1) is 18.7. The van der Waals surface area contributed by atoms with Crippen LogP contribution in [-0.4, -0.2) is 35.1 Å². The van der Waals surface area contributed by atoms with Crippen molar-refractivity contribution in [2.75, 3.05) is 13.2 Å². The summed E-state index contributed by atoms with van der Waals surface area (Å²) in [6.07, 6.45) is 1.46. The van der Waals surface area contributed by atoms with Gasteiger partial charge in [-0.15, -0.1) is 0 Å². The Hall–Kier alpha value is -1.04. The number of alkyl halides is 3. The number of rotatable bonds is 5. The van der Waals surface area contributed by atoms with Gasteiger partial charge in [0.05, 0.1) is 0 Å². The van der Waals surface area contributed by atoms with Crippen LogP contribution in [0.5, 0.6) is 0 Å². The fourth-order valence-corrected chi connectivity index (χ4v) is 3.47. The molecule has 0 bridgehead atoms. The molecule has 2 atom stereocenters. The smallest absolute Gasteiger partial charge is 0.262 e. The summed E-state index contributed by atoms with van der Waals surface area (Å²) in [6.45, 7) is 1.40. The molecule has 1 aliphatic rings. The lowest BCUT2D eigenvalue weighted by atomic mass is 10.0. The second-order valence-electron chi connectivity index (χ2n) is 6.13. The van der Waals surface area contributed by atoms with E-state index in [0.717, 1.165) is 30.2 Å². The minimum absolute atomic E-state index is 0.129. The van der Waals surface area contributed by atoms with Crippen LogP contribution in [0.2, 0.25) is 0 Å². The molecular formula is C18H20Cl3N2O2+. The second kappa shape index (κ2) is 8.11. The summed E-state index contributed by atoms with van der Waals surface area (Å²) in [5.74, 6) is -0.267. The topological polar surface area (TPSA) is 54.9 Å². The van der Waals surface area contributed by atoms with Gasteiger partial charge in [-0.2, -0.15) is 0 Å². The van der Waals surface area contributed by atoms with Crippen molar-refractivity contribution in [1.29, 1.82) is 0 Å². The van der Waals surface area contributed by atoms with Gasteiger partial charge in [-0.25, -0.2) is 0 Å². The van der Waals surface area contributed by atoms with E-state index < -0.39 is 9.96 Å². The Balaban J connectivity index is 1.74. The molecule has 0 radical (unpaired) electrons. The summed E-state index contributed by atoms with van der Waals surface area (Å²) in [7, 11) is 0. The molecule has 0 saturated carbocycles. The van der Waals surface area contributed by atoms with Gasteiger partial charge in [0.25, 0.3) is 9.70 Å². The number of fused-ring (bicyclic) bond motifs is 1. The first-order chi connectivity index (χ1) is 11.9. The van der Waals surface area contributed by atoms with Crippen LogP contribution < -0.4 is 10.6 Å². The molecule has 134 valence electrons. The van der Waals surface area contributed by atoms with E-state index in [1.807, 2.05) is 41.7 Å². The third-order valence-corrected chi connectivity index (χ3v) is 5.04. The van der Waals surface area contributed by atoms with Crippen molar-refractivity contribution in [1.82, 2.24) is 5.32 Å². The Morgan fingerprint density at radius 2 is 2.00 bits per heavy atom. The molecule has 0 aromatic heterocycles. The van der Waals surface area contributed by atoms with Gasteiger partial charge in [0.15, 0.2) is 0 Å². The summed E-state index contributed by atoms with van der Waals surface area (Å²) < 4.78 is 3.96. The van der Waals surface area contributed by atoms with E-state index in [0.29, 0.717) is 12.1 Å². The van der Waals surface area contributed by atoms with E-state index >= 15 is 0 Å². The molecule has 0 aliphatic carbocycles. The van der Waals surface area contributed by atoms with Crippen molar-refractivity contribution in [2.45, 2.75) is 28.9 Å². The maximum Gasteiger partial charge on any atom is 0.262 e. The molecule has 25 heavy (non-hydrogen) atoms. The monoisotopic (exact) mass is 401 g/mol. The van der Waals surface area contributed by atoms with Gasteiger partial charge in [-0.3, -0.25) is 10.1 Å². The third kappa shape index (κ3) is 4.78. The van der Waals surface area contributed by atoms with E-state index in [1.54, 1.807) is 6.07 Å². The minimum atomic E-state index is -1.63.